The Hall–Kier alpha value is -1.99. The molecule has 0 bridgehead atoms. The van der Waals surface area contributed by atoms with Gasteiger partial charge < -0.3 is 15.7 Å². The van der Waals surface area contributed by atoms with Gasteiger partial charge in [-0.2, -0.15) is 0 Å². The van der Waals surface area contributed by atoms with Crippen molar-refractivity contribution >= 4 is 16.0 Å². The highest BCUT2D eigenvalue weighted by molar-refractivity contribution is 7.94. The van der Waals surface area contributed by atoms with Crippen LogP contribution in [0.3, 0.4) is 0 Å². The first-order valence-electron chi connectivity index (χ1n) is 6.25. The summed E-state index contributed by atoms with van der Waals surface area (Å²) in [7, 11) is -3.76. The molecule has 0 radical (unpaired) electrons. The molecule has 0 amide bonds. The summed E-state index contributed by atoms with van der Waals surface area (Å²) < 4.78 is 27.7. The lowest BCUT2D eigenvalue weighted by Crippen LogP contribution is -2.50. The largest absolute Gasteiger partial charge is 0.366 e. The van der Waals surface area contributed by atoms with Crippen LogP contribution < -0.4 is 5.73 Å². The van der Waals surface area contributed by atoms with E-state index >= 15 is 0 Å². The number of nitrogens with zero attached hydrogens (tertiary/aromatic N) is 3. The van der Waals surface area contributed by atoms with Gasteiger partial charge in [0.2, 0.25) is 10.0 Å². The molecule has 7 heteroatoms. The molecule has 2 rings (SSSR count). The minimum atomic E-state index is -3.76. The van der Waals surface area contributed by atoms with Crippen LogP contribution in [-0.4, -0.2) is 24.9 Å². The second-order valence-corrected chi connectivity index (χ2v) is 5.82. The van der Waals surface area contributed by atoms with Crippen LogP contribution in [0.5, 0.6) is 0 Å². The van der Waals surface area contributed by atoms with E-state index in [1.807, 2.05) is 0 Å². The van der Waals surface area contributed by atoms with Crippen LogP contribution in [0.15, 0.2) is 47.6 Å². The summed E-state index contributed by atoms with van der Waals surface area (Å²) in [4.78, 5) is 7.71. The molecule has 1 aromatic carbocycles. The first-order valence-corrected chi connectivity index (χ1v) is 7.69. The summed E-state index contributed by atoms with van der Waals surface area (Å²) in [6, 6.07) is 8.30. The predicted molar refractivity (Wildman–Crippen MR) is 74.8 cm³/mol. The maximum Gasteiger partial charge on any atom is 0.229 e. The molecular formula is C13H16N4O2S. The maximum absolute atomic E-state index is 12.1. The minimum Gasteiger partial charge on any atom is -0.366 e. The fraction of sp³-hybridized carbons (Fsp3) is 0.231. The van der Waals surface area contributed by atoms with E-state index in [-0.39, 0.29) is 10.8 Å². The van der Waals surface area contributed by atoms with Gasteiger partial charge in [0.1, 0.15) is 0 Å². The molecule has 3 N–H and O–H groups in total. The van der Waals surface area contributed by atoms with E-state index < -0.39 is 10.0 Å². The van der Waals surface area contributed by atoms with Crippen molar-refractivity contribution in [3.05, 3.63) is 53.0 Å². The minimum absolute atomic E-state index is 0.0615. The third kappa shape index (κ3) is 3.75. The van der Waals surface area contributed by atoms with Crippen molar-refractivity contribution in [2.75, 3.05) is 6.54 Å². The standard InChI is InChI=1S/C13H15N4O2S/c14-8-1-3-11-4-6-12(7-5-11)20(18,19)17-13-15-9-2-10-16-13/h2,4-7,9-10H,1,3,8,14H2/q-1/p+1. The topological polar surface area (TPSA) is 102 Å². The Labute approximate surface area is 118 Å². The zero-order chi connectivity index (χ0) is 14.4. The van der Waals surface area contributed by atoms with Crippen LogP contribution >= 0.6 is 0 Å². The van der Waals surface area contributed by atoms with Crippen LogP contribution in [0.25, 0.3) is 4.72 Å². The van der Waals surface area contributed by atoms with Crippen molar-refractivity contribution in [1.29, 1.82) is 0 Å². The van der Waals surface area contributed by atoms with Crippen LogP contribution in [-0.2, 0) is 16.4 Å². The zero-order valence-electron chi connectivity index (χ0n) is 10.9. The van der Waals surface area contributed by atoms with E-state index in [0.717, 1.165) is 24.9 Å². The molecule has 0 atom stereocenters. The first kappa shape index (κ1) is 14.4. The number of sulfonamides is 1. The second-order valence-electron chi connectivity index (χ2n) is 4.22. The fourth-order valence-electron chi connectivity index (χ4n) is 1.66. The lowest BCUT2D eigenvalue weighted by molar-refractivity contribution is -0.368. The predicted octanol–water partition coefficient (Wildman–Crippen LogP) is 1.05. The number of benzene rings is 1. The molecule has 0 saturated carbocycles. The lowest BCUT2D eigenvalue weighted by atomic mass is 10.1. The van der Waals surface area contributed by atoms with Crippen LogP contribution in [0.2, 0.25) is 0 Å². The zero-order valence-corrected chi connectivity index (χ0v) is 11.8. The van der Waals surface area contributed by atoms with E-state index in [2.05, 4.69) is 20.4 Å². The quantitative estimate of drug-likeness (QED) is 0.859. The second kappa shape index (κ2) is 6.44. The summed E-state index contributed by atoms with van der Waals surface area (Å²) in [6.07, 6.45) is 4.77. The number of rotatable bonds is 6. The summed E-state index contributed by atoms with van der Waals surface area (Å²) >= 11 is 0. The molecule has 2 aromatic rings. The van der Waals surface area contributed by atoms with Gasteiger partial charge in [-0.15, -0.1) is 0 Å². The lowest BCUT2D eigenvalue weighted by Gasteiger charge is -2.12. The highest BCUT2D eigenvalue weighted by Crippen LogP contribution is 2.23. The molecule has 0 unspecified atom stereocenters. The van der Waals surface area contributed by atoms with E-state index in [4.69, 9.17) is 0 Å². The van der Waals surface area contributed by atoms with Gasteiger partial charge in [-0.25, -0.2) is 8.42 Å². The highest BCUT2D eigenvalue weighted by atomic mass is 32.2. The molecule has 0 spiro atoms. The van der Waals surface area contributed by atoms with Gasteiger partial charge in [0.25, 0.3) is 0 Å². The third-order valence-electron chi connectivity index (χ3n) is 2.69. The summed E-state index contributed by atoms with van der Waals surface area (Å²) in [5, 5.41) is 0. The van der Waals surface area contributed by atoms with Gasteiger partial charge in [-0.1, -0.05) is 18.2 Å². The molecule has 0 fully saturated rings. The van der Waals surface area contributed by atoms with Gasteiger partial charge in [-0.05, 0) is 36.5 Å². The normalized spacial score (nSPS) is 11.2. The Morgan fingerprint density at radius 3 is 2.35 bits per heavy atom. The Morgan fingerprint density at radius 2 is 1.75 bits per heavy atom. The van der Waals surface area contributed by atoms with Crippen molar-refractivity contribution in [3.8, 4) is 0 Å². The molecule has 1 heterocycles. The monoisotopic (exact) mass is 292 g/mol. The Bertz CT molecular complexity index is 642. The van der Waals surface area contributed by atoms with Gasteiger partial charge in [0.15, 0.2) is 0 Å². The van der Waals surface area contributed by atoms with E-state index in [0.29, 0.717) is 0 Å². The number of aromatic nitrogens is 2. The third-order valence-corrected chi connectivity index (χ3v) is 3.96. The van der Waals surface area contributed by atoms with Crippen LogP contribution in [0.4, 0.5) is 5.95 Å². The SMILES string of the molecule is [NH3+]CCCc1ccc(S(=O)(=O)[N-]c2ncccn2)cc1. The number of hydrogen-bond donors (Lipinski definition) is 1. The van der Waals surface area contributed by atoms with Gasteiger partial charge in [0.05, 0.1) is 11.4 Å². The first-order chi connectivity index (χ1) is 9.62. The van der Waals surface area contributed by atoms with Gasteiger partial charge in [-0.3, -0.25) is 4.72 Å². The molecule has 0 aliphatic heterocycles. The van der Waals surface area contributed by atoms with E-state index in [1.54, 1.807) is 30.3 Å². The average Bonchev–Trinajstić information content (AvgIpc) is 2.46. The van der Waals surface area contributed by atoms with Crippen molar-refractivity contribution in [3.63, 3.8) is 0 Å². The smallest absolute Gasteiger partial charge is 0.229 e. The highest BCUT2D eigenvalue weighted by Gasteiger charge is 2.11. The number of quaternary nitrogens is 1. The summed E-state index contributed by atoms with van der Waals surface area (Å²) in [6.45, 7) is 0.862. The van der Waals surface area contributed by atoms with Gasteiger partial charge >= 0.3 is 0 Å². The van der Waals surface area contributed by atoms with E-state index in [9.17, 15) is 8.42 Å². The van der Waals surface area contributed by atoms with Crippen molar-refractivity contribution < 1.29 is 14.2 Å². The average molecular weight is 292 g/mol. The molecule has 0 aliphatic rings. The van der Waals surface area contributed by atoms with Gasteiger partial charge in [0, 0.05) is 12.4 Å². The fourth-order valence-corrected chi connectivity index (χ4v) is 2.55. The molecule has 6 nitrogen and oxygen atoms in total. The molecule has 0 saturated heterocycles. The molecular weight excluding hydrogens is 276 g/mol. The molecule has 1 aromatic heterocycles. The number of hydrogen-bond acceptors (Lipinski definition) is 4. The molecule has 106 valence electrons. The Balaban J connectivity index is 2.13. The van der Waals surface area contributed by atoms with Crippen molar-refractivity contribution in [2.24, 2.45) is 0 Å². The summed E-state index contributed by atoms with van der Waals surface area (Å²) in [5.74, 6) is -0.0615. The maximum atomic E-state index is 12.1. The number of aryl methyl sites for hydroxylation is 1. The Kier molecular flexibility index (Phi) is 4.65. The van der Waals surface area contributed by atoms with Crippen molar-refractivity contribution in [1.82, 2.24) is 9.97 Å². The van der Waals surface area contributed by atoms with Crippen molar-refractivity contribution in [2.45, 2.75) is 17.7 Å². The summed E-state index contributed by atoms with van der Waals surface area (Å²) in [5.41, 5.74) is 4.87. The van der Waals surface area contributed by atoms with Crippen LogP contribution in [0.1, 0.15) is 12.0 Å². The Morgan fingerprint density at radius 1 is 1.10 bits per heavy atom. The molecule has 0 aliphatic carbocycles. The van der Waals surface area contributed by atoms with Crippen LogP contribution in [0, 0.1) is 0 Å². The molecule has 20 heavy (non-hydrogen) atoms. The van der Waals surface area contributed by atoms with E-state index in [1.165, 1.54) is 12.4 Å².